The highest BCUT2D eigenvalue weighted by molar-refractivity contribution is 7.80. The monoisotopic (exact) mass is 458 g/mol. The van der Waals surface area contributed by atoms with Gasteiger partial charge in [-0.25, -0.2) is 4.79 Å². The number of nitrogens with zero attached hydrogens (tertiary/aromatic N) is 1. The summed E-state index contributed by atoms with van der Waals surface area (Å²) in [6.45, 7) is 2.30. The molecule has 2 aromatic rings. The van der Waals surface area contributed by atoms with Crippen molar-refractivity contribution in [3.8, 4) is 0 Å². The van der Waals surface area contributed by atoms with Crippen molar-refractivity contribution in [2.45, 2.75) is 38.3 Å². The highest BCUT2D eigenvalue weighted by Crippen LogP contribution is 2.27. The molecule has 1 aromatic carbocycles. The molecule has 11 heteroatoms. The van der Waals surface area contributed by atoms with Crippen LogP contribution in [-0.2, 0) is 11.3 Å². The van der Waals surface area contributed by atoms with Crippen molar-refractivity contribution in [3.05, 3.63) is 66.4 Å². The Balaban J connectivity index is 1.52. The Kier molecular flexibility index (Phi) is 6.97. The lowest BCUT2D eigenvalue weighted by molar-refractivity contribution is -0.0173. The third kappa shape index (κ3) is 5.37. The van der Waals surface area contributed by atoms with Crippen LogP contribution in [0.5, 0.6) is 0 Å². The molecular weight excluding hydrogens is 439 g/mol. The number of thiocarbonyl (C=S) groups is 1. The second-order valence-corrected chi connectivity index (χ2v) is 7.95. The van der Waals surface area contributed by atoms with E-state index in [1.165, 1.54) is 10.8 Å². The van der Waals surface area contributed by atoms with Crippen LogP contribution < -0.4 is 21.9 Å². The quantitative estimate of drug-likeness (QED) is 0.502. The van der Waals surface area contributed by atoms with Crippen LogP contribution in [0.1, 0.15) is 23.8 Å². The van der Waals surface area contributed by atoms with Gasteiger partial charge in [0.15, 0.2) is 5.11 Å². The number of rotatable bonds is 5. The molecule has 0 aliphatic carbocycles. The van der Waals surface area contributed by atoms with Gasteiger partial charge in [-0.2, -0.15) is 0 Å². The number of nitrogens with one attached hydrogen (secondary N) is 3. The molecule has 1 aliphatic heterocycles. The molecule has 3 rings (SSSR count). The Morgan fingerprint density at radius 1 is 1.34 bits per heavy atom. The molecule has 156 valence electrons. The van der Waals surface area contributed by atoms with Crippen molar-refractivity contribution < 1.29 is 9.84 Å². The van der Waals surface area contributed by atoms with Crippen LogP contribution in [0, 0.1) is 6.92 Å². The fourth-order valence-corrected chi connectivity index (χ4v) is 3.43. The summed E-state index contributed by atoms with van der Waals surface area (Å²) in [7, 11) is 0. The van der Waals surface area contributed by atoms with Gasteiger partial charge in [0, 0.05) is 31.3 Å². The van der Waals surface area contributed by atoms with Gasteiger partial charge in [-0.15, -0.1) is 0 Å². The van der Waals surface area contributed by atoms with Crippen LogP contribution in [0.25, 0.3) is 0 Å². The average molecular weight is 459 g/mol. The minimum atomic E-state index is -0.787. The van der Waals surface area contributed by atoms with Crippen molar-refractivity contribution in [1.82, 2.24) is 20.2 Å². The lowest BCUT2D eigenvalue weighted by Crippen LogP contribution is -2.42. The van der Waals surface area contributed by atoms with E-state index in [-0.39, 0.29) is 13.0 Å². The number of H-pyrrole nitrogens is 1. The predicted molar refractivity (Wildman–Crippen MR) is 114 cm³/mol. The maximum absolute atomic E-state index is 12.0. The average Bonchev–Trinajstić information content (AvgIpc) is 3.04. The zero-order valence-corrected chi connectivity index (χ0v) is 17.8. The van der Waals surface area contributed by atoms with Crippen LogP contribution in [0.2, 0.25) is 10.0 Å². The molecule has 0 saturated carbocycles. The zero-order valence-electron chi connectivity index (χ0n) is 15.4. The minimum Gasteiger partial charge on any atom is -0.390 e. The number of aromatic nitrogens is 2. The molecule has 0 radical (unpaired) electrons. The van der Waals surface area contributed by atoms with Crippen molar-refractivity contribution >= 4 is 40.5 Å². The van der Waals surface area contributed by atoms with Crippen LogP contribution in [0.3, 0.4) is 0 Å². The summed E-state index contributed by atoms with van der Waals surface area (Å²) in [5.41, 5.74) is 0.275. The van der Waals surface area contributed by atoms with Crippen molar-refractivity contribution in [2.24, 2.45) is 0 Å². The van der Waals surface area contributed by atoms with Crippen molar-refractivity contribution in [2.75, 3.05) is 6.54 Å². The molecular formula is C18H20Cl2N4O4S. The Hall–Kier alpha value is -1.91. The summed E-state index contributed by atoms with van der Waals surface area (Å²) >= 11 is 17.1. The summed E-state index contributed by atoms with van der Waals surface area (Å²) in [5.74, 6) is 0. The smallest absolute Gasteiger partial charge is 0.330 e. The Bertz CT molecular complexity index is 1030. The number of halogens is 2. The van der Waals surface area contributed by atoms with Crippen LogP contribution in [-0.4, -0.2) is 38.5 Å². The molecule has 0 unspecified atom stereocenters. The molecule has 3 atom stereocenters. The number of ether oxygens (including phenoxy) is 1. The van der Waals surface area contributed by atoms with Gasteiger partial charge in [0.2, 0.25) is 0 Å². The molecule has 4 N–H and O–H groups in total. The van der Waals surface area contributed by atoms with E-state index in [1.807, 2.05) is 6.07 Å². The first kappa shape index (κ1) is 21.8. The van der Waals surface area contributed by atoms with Crippen LogP contribution in [0.15, 0.2) is 34.0 Å². The summed E-state index contributed by atoms with van der Waals surface area (Å²) in [6.07, 6.45) is -0.370. The first-order valence-corrected chi connectivity index (χ1v) is 10.0. The molecule has 8 nitrogen and oxygen atoms in total. The fourth-order valence-electron chi connectivity index (χ4n) is 2.96. The normalized spacial score (nSPS) is 21.2. The molecule has 1 fully saturated rings. The first-order chi connectivity index (χ1) is 13.7. The number of hydrogen-bond donors (Lipinski definition) is 4. The Morgan fingerprint density at radius 2 is 2.10 bits per heavy atom. The highest BCUT2D eigenvalue weighted by Gasteiger charge is 2.35. The van der Waals surface area contributed by atoms with Crippen molar-refractivity contribution in [3.63, 3.8) is 0 Å². The van der Waals surface area contributed by atoms with E-state index in [2.05, 4.69) is 15.6 Å². The zero-order chi connectivity index (χ0) is 21.1. The second kappa shape index (κ2) is 9.27. The third-order valence-electron chi connectivity index (χ3n) is 4.56. The molecule has 2 heterocycles. The Morgan fingerprint density at radius 3 is 2.83 bits per heavy atom. The first-order valence-electron chi connectivity index (χ1n) is 8.86. The van der Waals surface area contributed by atoms with Gasteiger partial charge >= 0.3 is 5.69 Å². The molecule has 1 aromatic heterocycles. The third-order valence-corrected chi connectivity index (χ3v) is 5.59. The number of aliphatic hydroxyl groups is 1. The van der Waals surface area contributed by atoms with Gasteiger partial charge in [0.05, 0.1) is 16.1 Å². The van der Waals surface area contributed by atoms with Gasteiger partial charge in [-0.3, -0.25) is 14.3 Å². The van der Waals surface area contributed by atoms with Gasteiger partial charge < -0.3 is 20.5 Å². The molecule has 0 bridgehead atoms. The standard InChI is InChI=1S/C18H20Cl2N4O4S/c1-9-8-24(18(27)23-16(9)26)15-5-13(25)14(28-15)7-22-17(29)21-6-10-2-3-11(19)12(20)4-10/h2-4,8,13-15,25H,5-7H2,1H3,(H2,21,22,29)(H,23,26,27)/t13-,14+,15-/m0/s1. The highest BCUT2D eigenvalue weighted by atomic mass is 35.5. The molecule has 1 aliphatic rings. The maximum Gasteiger partial charge on any atom is 0.330 e. The second-order valence-electron chi connectivity index (χ2n) is 6.72. The molecule has 29 heavy (non-hydrogen) atoms. The van der Waals surface area contributed by atoms with E-state index in [1.54, 1.807) is 19.1 Å². The SMILES string of the molecule is Cc1cn([C@@H]2C[C@H](O)[C@@H](CNC(=S)NCc3ccc(Cl)c(Cl)c3)O2)c(=O)[nH]c1=O. The van der Waals surface area contributed by atoms with Crippen LogP contribution in [0.4, 0.5) is 0 Å². The number of aromatic amines is 1. The summed E-state index contributed by atoms with van der Waals surface area (Å²) in [4.78, 5) is 25.7. The maximum atomic E-state index is 12.0. The van der Waals surface area contributed by atoms with E-state index in [0.717, 1.165) is 5.56 Å². The predicted octanol–water partition coefficient (Wildman–Crippen LogP) is 1.46. The largest absolute Gasteiger partial charge is 0.390 e. The lowest BCUT2D eigenvalue weighted by atomic mass is 10.2. The van der Waals surface area contributed by atoms with Gasteiger partial charge in [0.1, 0.15) is 12.3 Å². The van der Waals surface area contributed by atoms with Crippen molar-refractivity contribution in [1.29, 1.82) is 0 Å². The summed E-state index contributed by atoms with van der Waals surface area (Å²) in [6, 6.07) is 5.29. The topological polar surface area (TPSA) is 108 Å². The number of benzene rings is 1. The number of aliphatic hydroxyl groups excluding tert-OH is 1. The Labute approximate surface area is 181 Å². The minimum absolute atomic E-state index is 0.223. The van der Waals surface area contributed by atoms with E-state index in [0.29, 0.717) is 27.3 Å². The van der Waals surface area contributed by atoms with Gasteiger partial charge in [0.25, 0.3) is 5.56 Å². The molecule has 0 spiro atoms. The van der Waals surface area contributed by atoms with Crippen LogP contribution >= 0.6 is 35.4 Å². The summed E-state index contributed by atoms with van der Waals surface area (Å²) in [5, 5.41) is 17.6. The van der Waals surface area contributed by atoms with E-state index < -0.39 is 29.7 Å². The number of aryl methyl sites for hydroxylation is 1. The van der Waals surface area contributed by atoms with Gasteiger partial charge in [-0.1, -0.05) is 29.3 Å². The summed E-state index contributed by atoms with van der Waals surface area (Å²) < 4.78 is 7.07. The van der Waals surface area contributed by atoms with E-state index in [4.69, 9.17) is 40.2 Å². The molecule has 1 saturated heterocycles. The lowest BCUT2D eigenvalue weighted by Gasteiger charge is -2.18. The van der Waals surface area contributed by atoms with E-state index >= 15 is 0 Å². The van der Waals surface area contributed by atoms with Gasteiger partial charge in [-0.05, 0) is 36.8 Å². The number of hydrogen-bond acceptors (Lipinski definition) is 5. The fraction of sp³-hybridized carbons (Fsp3) is 0.389. The van der Waals surface area contributed by atoms with E-state index in [9.17, 15) is 14.7 Å². The molecule has 0 amide bonds.